The molecule has 0 radical (unpaired) electrons. The zero-order chi connectivity index (χ0) is 20.3. The van der Waals surface area contributed by atoms with Crippen LogP contribution in [-0.2, 0) is 4.79 Å². The van der Waals surface area contributed by atoms with Gasteiger partial charge in [0.05, 0.1) is 16.3 Å². The molecule has 1 atom stereocenters. The summed E-state index contributed by atoms with van der Waals surface area (Å²) in [6.45, 7) is 1.79. The second-order valence-corrected chi connectivity index (χ2v) is 8.73. The molecule has 2 N–H and O–H groups in total. The Balaban J connectivity index is 1.76. The van der Waals surface area contributed by atoms with Gasteiger partial charge in [0.1, 0.15) is 5.54 Å². The van der Waals surface area contributed by atoms with Gasteiger partial charge in [0.25, 0.3) is 0 Å². The van der Waals surface area contributed by atoms with E-state index in [2.05, 4.69) is 16.3 Å². The number of halogens is 1. The summed E-state index contributed by atoms with van der Waals surface area (Å²) in [4.78, 5) is 14.6. The second kappa shape index (κ2) is 8.41. The number of amides is 1. The summed E-state index contributed by atoms with van der Waals surface area (Å²) in [5, 5.41) is 18.5. The lowest BCUT2D eigenvalue weighted by Gasteiger charge is -2.40. The van der Waals surface area contributed by atoms with Gasteiger partial charge in [0.15, 0.2) is 5.82 Å². The van der Waals surface area contributed by atoms with Crippen molar-refractivity contribution in [2.45, 2.75) is 55.0 Å². The normalized spacial score (nSPS) is 16.9. The highest BCUT2D eigenvalue weighted by Crippen LogP contribution is 2.35. The largest absolute Gasteiger partial charge is 0.335 e. The number of thioether (sulfide) groups is 1. The number of nitriles is 1. The number of carbonyl (C=O) groups excluding carboxylic acids is 1. The van der Waals surface area contributed by atoms with Gasteiger partial charge < -0.3 is 10.7 Å². The van der Waals surface area contributed by atoms with Gasteiger partial charge in [-0.2, -0.15) is 5.26 Å². The zero-order valence-corrected chi connectivity index (χ0v) is 17.5. The summed E-state index contributed by atoms with van der Waals surface area (Å²) >= 11 is 7.44. The van der Waals surface area contributed by atoms with E-state index in [9.17, 15) is 10.1 Å². The Bertz CT molecular complexity index is 902. The molecule has 1 aliphatic carbocycles. The van der Waals surface area contributed by atoms with Crippen LogP contribution in [0.2, 0.25) is 5.02 Å². The van der Waals surface area contributed by atoms with Gasteiger partial charge in [-0.15, -0.1) is 10.2 Å². The van der Waals surface area contributed by atoms with Crippen LogP contribution in [0.1, 0.15) is 39.0 Å². The minimum Gasteiger partial charge on any atom is -0.335 e. The lowest BCUT2D eigenvalue weighted by atomic mass is 9.81. The molecule has 1 aromatic carbocycles. The van der Waals surface area contributed by atoms with E-state index in [4.69, 9.17) is 17.4 Å². The Labute approximate surface area is 173 Å². The van der Waals surface area contributed by atoms with E-state index in [0.29, 0.717) is 34.4 Å². The Morgan fingerprint density at radius 2 is 2.04 bits per heavy atom. The Hall–Kier alpha value is -2.24. The van der Waals surface area contributed by atoms with Crippen LogP contribution >= 0.6 is 23.4 Å². The van der Waals surface area contributed by atoms with Gasteiger partial charge >= 0.3 is 0 Å². The van der Waals surface area contributed by atoms with E-state index in [-0.39, 0.29) is 5.91 Å². The van der Waals surface area contributed by atoms with Crippen LogP contribution in [0.25, 0.3) is 11.4 Å². The quantitative estimate of drug-likeness (QED) is 0.589. The summed E-state index contributed by atoms with van der Waals surface area (Å²) in [7, 11) is 1.72. The first-order valence-electron chi connectivity index (χ1n) is 9.20. The Kier molecular flexibility index (Phi) is 6.16. The number of benzene rings is 1. The summed E-state index contributed by atoms with van der Waals surface area (Å²) < 4.78 is 1.34. The number of nitrogens with zero attached hydrogens (tertiary/aromatic N) is 5. The predicted octanol–water partition coefficient (Wildman–Crippen LogP) is 3.48. The highest BCUT2D eigenvalue weighted by atomic mass is 35.5. The van der Waals surface area contributed by atoms with Crippen LogP contribution in [0.15, 0.2) is 29.4 Å². The second-order valence-electron chi connectivity index (χ2n) is 7.02. The third-order valence-corrected chi connectivity index (χ3v) is 6.64. The van der Waals surface area contributed by atoms with Crippen LogP contribution in [0, 0.1) is 11.3 Å². The van der Waals surface area contributed by atoms with E-state index in [1.165, 1.54) is 16.4 Å². The lowest BCUT2D eigenvalue weighted by Crippen LogP contribution is -2.52. The maximum Gasteiger partial charge on any atom is 0.236 e. The van der Waals surface area contributed by atoms with E-state index >= 15 is 0 Å². The molecule has 1 aliphatic rings. The van der Waals surface area contributed by atoms with Crippen molar-refractivity contribution in [2.75, 3.05) is 12.9 Å². The fourth-order valence-corrected chi connectivity index (χ4v) is 4.62. The van der Waals surface area contributed by atoms with Crippen molar-refractivity contribution in [3.8, 4) is 17.5 Å². The molecule has 1 heterocycles. The molecule has 148 valence electrons. The van der Waals surface area contributed by atoms with Crippen molar-refractivity contribution in [1.82, 2.24) is 19.8 Å². The maximum absolute atomic E-state index is 13.0. The molecular formula is C19H23ClN6OS. The van der Waals surface area contributed by atoms with Crippen LogP contribution in [0.5, 0.6) is 0 Å². The minimum atomic E-state index is -0.719. The van der Waals surface area contributed by atoms with Crippen molar-refractivity contribution in [3.63, 3.8) is 0 Å². The fourth-order valence-electron chi connectivity index (χ4n) is 3.53. The van der Waals surface area contributed by atoms with Gasteiger partial charge in [-0.05, 0) is 31.9 Å². The molecule has 1 aromatic heterocycles. The van der Waals surface area contributed by atoms with Gasteiger partial charge in [-0.1, -0.05) is 54.8 Å². The number of hydrogen-bond acceptors (Lipinski definition) is 6. The van der Waals surface area contributed by atoms with E-state index < -0.39 is 10.8 Å². The predicted molar refractivity (Wildman–Crippen MR) is 110 cm³/mol. The van der Waals surface area contributed by atoms with Gasteiger partial charge in [0, 0.05) is 12.6 Å². The first-order valence-corrected chi connectivity index (χ1v) is 10.5. The van der Waals surface area contributed by atoms with Crippen molar-refractivity contribution < 1.29 is 4.79 Å². The lowest BCUT2D eigenvalue weighted by molar-refractivity contribution is -0.133. The third kappa shape index (κ3) is 3.82. The molecule has 1 fully saturated rings. The van der Waals surface area contributed by atoms with Crippen molar-refractivity contribution in [2.24, 2.45) is 0 Å². The summed E-state index contributed by atoms with van der Waals surface area (Å²) in [5.41, 5.74) is -0.0451. The average molecular weight is 419 g/mol. The van der Waals surface area contributed by atoms with Crippen molar-refractivity contribution in [1.29, 1.82) is 5.26 Å². The molecule has 9 heteroatoms. The third-order valence-electron chi connectivity index (χ3n) is 5.27. The number of carbonyl (C=O) groups is 1. The summed E-state index contributed by atoms with van der Waals surface area (Å²) in [6.07, 6.45) is 4.46. The van der Waals surface area contributed by atoms with E-state index in [1.54, 1.807) is 24.9 Å². The summed E-state index contributed by atoms with van der Waals surface area (Å²) in [5.74, 6) is 6.48. The topological polar surface area (TPSA) is 101 Å². The molecule has 0 aliphatic heterocycles. The zero-order valence-electron chi connectivity index (χ0n) is 15.9. The Morgan fingerprint density at radius 1 is 1.36 bits per heavy atom. The first-order chi connectivity index (χ1) is 13.4. The van der Waals surface area contributed by atoms with Gasteiger partial charge in [-0.25, -0.2) is 4.68 Å². The molecule has 2 aromatic rings. The van der Waals surface area contributed by atoms with Crippen LogP contribution in [0.3, 0.4) is 0 Å². The number of nitrogen functional groups attached to an aromatic ring is 1. The molecule has 0 bridgehead atoms. The molecular weight excluding hydrogens is 396 g/mol. The molecule has 0 saturated heterocycles. The van der Waals surface area contributed by atoms with Crippen molar-refractivity contribution in [3.05, 3.63) is 29.3 Å². The molecule has 3 rings (SSSR count). The number of nitrogens with two attached hydrogens (primary N) is 1. The number of hydrogen-bond donors (Lipinski definition) is 1. The smallest absolute Gasteiger partial charge is 0.236 e. The number of aromatic nitrogens is 3. The highest BCUT2D eigenvalue weighted by Gasteiger charge is 2.40. The monoisotopic (exact) mass is 418 g/mol. The fraction of sp³-hybridized carbons (Fsp3) is 0.474. The molecule has 1 amide bonds. The molecule has 7 nitrogen and oxygen atoms in total. The first kappa shape index (κ1) is 20.5. The van der Waals surface area contributed by atoms with E-state index in [0.717, 1.165) is 19.3 Å². The Morgan fingerprint density at radius 3 is 2.68 bits per heavy atom. The van der Waals surface area contributed by atoms with Crippen LogP contribution in [-0.4, -0.2) is 43.5 Å². The van der Waals surface area contributed by atoms with Gasteiger partial charge in [0.2, 0.25) is 11.1 Å². The van der Waals surface area contributed by atoms with Crippen LogP contribution in [0.4, 0.5) is 0 Å². The molecule has 0 spiro atoms. The van der Waals surface area contributed by atoms with Crippen molar-refractivity contribution >= 4 is 29.3 Å². The van der Waals surface area contributed by atoms with Gasteiger partial charge in [-0.3, -0.25) is 4.79 Å². The van der Waals surface area contributed by atoms with E-state index in [1.807, 2.05) is 18.2 Å². The molecule has 1 saturated carbocycles. The summed E-state index contributed by atoms with van der Waals surface area (Å²) in [6, 6.07) is 9.62. The number of rotatable bonds is 5. The average Bonchev–Trinajstić information content (AvgIpc) is 3.07. The minimum absolute atomic E-state index is 0.115. The maximum atomic E-state index is 13.0. The SMILES string of the molecule is C[C@@H](Sc1nnc(-c2ccccc2Cl)n1N)C(=O)N(C)C1(C#N)CCCCC1. The van der Waals surface area contributed by atoms with Crippen LogP contribution < -0.4 is 5.84 Å². The molecule has 0 unspecified atom stereocenters. The molecule has 28 heavy (non-hydrogen) atoms. The standard InChI is InChI=1S/C19H23ClN6OS/c1-13(17(27)25(2)19(12-21)10-6-3-7-11-19)28-18-24-23-16(26(18)22)14-8-4-5-9-15(14)20/h4-5,8-9,13H,3,6-7,10-11,22H2,1-2H3/t13-/m1/s1. The highest BCUT2D eigenvalue weighted by molar-refractivity contribution is 8.00.